The van der Waals surface area contributed by atoms with Crippen LogP contribution >= 0.6 is 0 Å². The Morgan fingerprint density at radius 2 is 1.89 bits per heavy atom. The number of nitrogens with zero attached hydrogens (tertiary/aromatic N) is 1. The lowest BCUT2D eigenvalue weighted by Gasteiger charge is -2.09. The molecule has 1 rings (SSSR count). The third-order valence-corrected chi connectivity index (χ3v) is 0.922. The smallest absolute Gasteiger partial charge is 0.116 e. The maximum Gasteiger partial charge on any atom is 0.116 e. The van der Waals surface area contributed by atoms with Gasteiger partial charge in [-0.25, -0.2) is 0 Å². The highest BCUT2D eigenvalue weighted by atomic mass is 14.8. The van der Waals surface area contributed by atoms with E-state index in [2.05, 4.69) is 37.6 Å². The van der Waals surface area contributed by atoms with Crippen molar-refractivity contribution in [2.75, 3.05) is 0 Å². The zero-order valence-corrected chi connectivity index (χ0v) is 6.10. The lowest BCUT2D eigenvalue weighted by atomic mass is 10.1. The molecule has 0 aromatic carbocycles. The molecule has 0 saturated carbocycles. The summed E-state index contributed by atoms with van der Waals surface area (Å²) in [7, 11) is 0. The van der Waals surface area contributed by atoms with Crippen LogP contribution < -0.4 is 0 Å². The van der Waals surface area contributed by atoms with E-state index >= 15 is 0 Å². The molecule has 0 fully saturated rings. The standard InChI is InChI=1S/C8H11N/c1-8(2,3)9-6-7-4-5-7/h6-7H,1-3H3. The summed E-state index contributed by atoms with van der Waals surface area (Å²) < 4.78 is 0. The van der Waals surface area contributed by atoms with Gasteiger partial charge in [0, 0.05) is 6.21 Å². The lowest BCUT2D eigenvalue weighted by Crippen LogP contribution is -2.09. The first-order chi connectivity index (χ1) is 4.08. The molecular weight excluding hydrogens is 110 g/mol. The molecule has 1 aliphatic rings. The molecule has 0 atom stereocenters. The summed E-state index contributed by atoms with van der Waals surface area (Å²) in [6, 6.07) is 0. The normalized spacial score (nSPS) is 17.7. The topological polar surface area (TPSA) is 12.4 Å². The first-order valence-electron chi connectivity index (χ1n) is 3.14. The zero-order chi connectivity index (χ0) is 6.91. The van der Waals surface area contributed by atoms with Crippen LogP contribution in [0, 0.1) is 17.8 Å². The monoisotopic (exact) mass is 121 g/mol. The van der Waals surface area contributed by atoms with Crippen molar-refractivity contribution in [3.63, 3.8) is 0 Å². The van der Waals surface area contributed by atoms with E-state index in [0.717, 1.165) is 0 Å². The summed E-state index contributed by atoms with van der Waals surface area (Å²) in [5.74, 6) is 6.14. The average molecular weight is 121 g/mol. The molecule has 1 nitrogen and oxygen atoms in total. The molecule has 0 spiro atoms. The van der Waals surface area contributed by atoms with Crippen LogP contribution in [-0.2, 0) is 0 Å². The van der Waals surface area contributed by atoms with Gasteiger partial charge < -0.3 is 0 Å². The van der Waals surface area contributed by atoms with Crippen LogP contribution in [0.25, 0.3) is 0 Å². The van der Waals surface area contributed by atoms with Crippen molar-refractivity contribution in [3.05, 3.63) is 0 Å². The van der Waals surface area contributed by atoms with Gasteiger partial charge in [0.25, 0.3) is 0 Å². The van der Waals surface area contributed by atoms with Gasteiger partial charge in [-0.1, -0.05) is 11.8 Å². The summed E-state index contributed by atoms with van der Waals surface area (Å²) in [6.45, 7) is 6.23. The molecule has 1 heteroatoms. The Balaban J connectivity index is 2.30. The average Bonchev–Trinajstić information content (AvgIpc) is 2.38. The highest BCUT2D eigenvalue weighted by Gasteiger charge is 2.09. The second-order valence-corrected chi connectivity index (χ2v) is 3.22. The van der Waals surface area contributed by atoms with Crippen LogP contribution in [0.2, 0.25) is 0 Å². The van der Waals surface area contributed by atoms with E-state index < -0.39 is 0 Å². The van der Waals surface area contributed by atoms with Crippen molar-refractivity contribution in [2.45, 2.75) is 26.3 Å². The molecule has 0 heterocycles. The number of hydrogen-bond acceptors (Lipinski definition) is 1. The fraction of sp³-hybridized carbons (Fsp3) is 0.625. The molecule has 0 aromatic rings. The Labute approximate surface area is 56.2 Å². The molecule has 0 unspecified atom stereocenters. The molecule has 0 aromatic heterocycles. The molecule has 48 valence electrons. The summed E-state index contributed by atoms with van der Waals surface area (Å²) in [6.07, 6.45) is 1.89. The molecular formula is C8H11N. The minimum atomic E-state index is 0.0615. The largest absolute Gasteiger partial charge is 0.289 e. The zero-order valence-electron chi connectivity index (χ0n) is 6.10. The fourth-order valence-electron chi connectivity index (χ4n) is 0.421. The number of rotatable bonds is 1. The summed E-state index contributed by atoms with van der Waals surface area (Å²) in [5.41, 5.74) is 0.0615. The summed E-state index contributed by atoms with van der Waals surface area (Å²) >= 11 is 0. The van der Waals surface area contributed by atoms with E-state index in [1.165, 1.54) is 0 Å². The van der Waals surface area contributed by atoms with E-state index in [1.54, 1.807) is 0 Å². The van der Waals surface area contributed by atoms with Gasteiger partial charge in [-0.3, -0.25) is 4.99 Å². The Hall–Kier alpha value is -0.770. The third kappa shape index (κ3) is 2.92. The highest BCUT2D eigenvalue weighted by molar-refractivity contribution is 5.75. The Bertz CT molecular complexity index is 177. The highest BCUT2D eigenvalue weighted by Crippen LogP contribution is 2.08. The summed E-state index contributed by atoms with van der Waals surface area (Å²) in [5, 5.41) is 0. The molecule has 0 aliphatic heterocycles. The van der Waals surface area contributed by atoms with Crippen molar-refractivity contribution in [3.8, 4) is 11.8 Å². The second-order valence-electron chi connectivity index (χ2n) is 3.22. The van der Waals surface area contributed by atoms with Gasteiger partial charge in [0.05, 0.1) is 5.54 Å². The van der Waals surface area contributed by atoms with Crippen LogP contribution in [0.4, 0.5) is 0 Å². The van der Waals surface area contributed by atoms with Crippen molar-refractivity contribution in [2.24, 2.45) is 10.9 Å². The van der Waals surface area contributed by atoms with Crippen molar-refractivity contribution >= 4 is 6.21 Å². The van der Waals surface area contributed by atoms with Crippen molar-refractivity contribution in [1.29, 1.82) is 0 Å². The van der Waals surface area contributed by atoms with Crippen LogP contribution in [0.5, 0.6) is 0 Å². The molecule has 0 saturated heterocycles. The van der Waals surface area contributed by atoms with E-state index in [1.807, 2.05) is 6.21 Å². The molecule has 9 heavy (non-hydrogen) atoms. The maximum absolute atomic E-state index is 4.27. The Morgan fingerprint density at radius 1 is 1.33 bits per heavy atom. The fourth-order valence-corrected chi connectivity index (χ4v) is 0.421. The number of aliphatic imine (C=N–C) groups is 1. The minimum absolute atomic E-state index is 0.0615. The maximum atomic E-state index is 4.27. The molecule has 0 N–H and O–H groups in total. The minimum Gasteiger partial charge on any atom is -0.289 e. The molecule has 0 radical (unpaired) electrons. The third-order valence-electron chi connectivity index (χ3n) is 0.922. The predicted octanol–water partition coefficient (Wildman–Crippen LogP) is 1.49. The van der Waals surface area contributed by atoms with Gasteiger partial charge in [0.15, 0.2) is 0 Å². The SMILES string of the molecule is CC(C)(C)N=CC1C#C1. The molecule has 1 aliphatic carbocycles. The first-order valence-corrected chi connectivity index (χ1v) is 3.14. The van der Waals surface area contributed by atoms with E-state index in [0.29, 0.717) is 5.92 Å². The molecule has 0 bridgehead atoms. The van der Waals surface area contributed by atoms with Crippen molar-refractivity contribution < 1.29 is 0 Å². The number of hydrogen-bond donors (Lipinski definition) is 0. The van der Waals surface area contributed by atoms with E-state index in [4.69, 9.17) is 0 Å². The lowest BCUT2D eigenvalue weighted by molar-refractivity contribution is 0.585. The van der Waals surface area contributed by atoms with Gasteiger partial charge in [-0.05, 0) is 20.8 Å². The van der Waals surface area contributed by atoms with Crippen LogP contribution in [0.15, 0.2) is 4.99 Å². The van der Waals surface area contributed by atoms with Gasteiger partial charge in [-0.15, -0.1) is 0 Å². The predicted molar refractivity (Wildman–Crippen MR) is 39.5 cm³/mol. The Kier molecular flexibility index (Phi) is 1.32. The van der Waals surface area contributed by atoms with Gasteiger partial charge in [0.1, 0.15) is 5.92 Å². The Morgan fingerprint density at radius 3 is 2.22 bits per heavy atom. The van der Waals surface area contributed by atoms with Crippen LogP contribution in [-0.4, -0.2) is 11.8 Å². The van der Waals surface area contributed by atoms with Gasteiger partial charge in [-0.2, -0.15) is 0 Å². The van der Waals surface area contributed by atoms with E-state index in [-0.39, 0.29) is 5.54 Å². The second kappa shape index (κ2) is 1.88. The van der Waals surface area contributed by atoms with Gasteiger partial charge >= 0.3 is 0 Å². The summed E-state index contributed by atoms with van der Waals surface area (Å²) in [4.78, 5) is 4.27. The van der Waals surface area contributed by atoms with Crippen LogP contribution in [0.3, 0.4) is 0 Å². The van der Waals surface area contributed by atoms with Gasteiger partial charge in [0.2, 0.25) is 0 Å². The van der Waals surface area contributed by atoms with Crippen LogP contribution in [0.1, 0.15) is 20.8 Å². The quantitative estimate of drug-likeness (QED) is 0.368. The molecule has 0 amide bonds. The van der Waals surface area contributed by atoms with E-state index in [9.17, 15) is 0 Å². The first kappa shape index (κ1) is 6.35. The van der Waals surface area contributed by atoms with Crippen molar-refractivity contribution in [1.82, 2.24) is 0 Å².